The Kier molecular flexibility index (Phi) is 4.89. The second-order valence-corrected chi connectivity index (χ2v) is 5.50. The van der Waals surface area contributed by atoms with Gasteiger partial charge in [-0.2, -0.15) is 0 Å². The molecule has 1 heterocycles. The first-order valence-electron chi connectivity index (χ1n) is 7.19. The molecule has 0 aromatic carbocycles. The quantitative estimate of drug-likeness (QED) is 0.637. The van der Waals surface area contributed by atoms with Gasteiger partial charge >= 0.3 is 0 Å². The van der Waals surface area contributed by atoms with Gasteiger partial charge in [0.1, 0.15) is 12.0 Å². The highest BCUT2D eigenvalue weighted by atomic mass is 16.6. The van der Waals surface area contributed by atoms with Crippen LogP contribution in [-0.4, -0.2) is 22.5 Å². The largest absolute Gasteiger partial charge is 0.366 e. The van der Waals surface area contributed by atoms with Crippen molar-refractivity contribution in [3.8, 4) is 0 Å². The Bertz CT molecular complexity index is 472. The Morgan fingerprint density at radius 3 is 2.75 bits per heavy atom. The molecule has 1 unspecified atom stereocenters. The van der Waals surface area contributed by atoms with Crippen molar-refractivity contribution in [2.75, 3.05) is 11.9 Å². The van der Waals surface area contributed by atoms with Crippen LogP contribution in [0.2, 0.25) is 0 Å². The van der Waals surface area contributed by atoms with Crippen LogP contribution in [0.4, 0.5) is 11.5 Å². The molecule has 3 N–H and O–H groups in total. The summed E-state index contributed by atoms with van der Waals surface area (Å²) in [6.07, 6.45) is 7.51. The van der Waals surface area contributed by atoms with E-state index in [1.165, 1.54) is 38.3 Å². The van der Waals surface area contributed by atoms with E-state index in [9.17, 15) is 10.1 Å². The third kappa shape index (κ3) is 3.45. The van der Waals surface area contributed by atoms with Crippen LogP contribution in [-0.2, 0) is 0 Å². The predicted octanol–water partition coefficient (Wildman–Crippen LogP) is 2.62. The molecule has 20 heavy (non-hydrogen) atoms. The maximum Gasteiger partial charge on any atom is 0.287 e. The van der Waals surface area contributed by atoms with E-state index in [0.29, 0.717) is 18.3 Å². The van der Waals surface area contributed by atoms with Crippen LogP contribution in [0.5, 0.6) is 0 Å². The number of aryl methyl sites for hydroxylation is 1. The number of anilines is 1. The van der Waals surface area contributed by atoms with Crippen molar-refractivity contribution >= 4 is 11.5 Å². The molecule has 6 heteroatoms. The standard InChI is InChI=1S/C14H22N4O2/c1-10-7-12(18(19)20)9-16-14(10)17-13(8-15)11-5-3-2-4-6-11/h7,9,11,13H,2-6,8,15H2,1H3,(H,16,17). The summed E-state index contributed by atoms with van der Waals surface area (Å²) in [5.41, 5.74) is 6.69. The number of nitrogens with one attached hydrogen (secondary N) is 1. The Hall–Kier alpha value is -1.69. The second kappa shape index (κ2) is 6.65. The van der Waals surface area contributed by atoms with Crippen molar-refractivity contribution in [2.24, 2.45) is 11.7 Å². The van der Waals surface area contributed by atoms with Crippen molar-refractivity contribution < 1.29 is 4.92 Å². The van der Waals surface area contributed by atoms with Gasteiger partial charge in [-0.05, 0) is 31.2 Å². The van der Waals surface area contributed by atoms with E-state index in [0.717, 1.165) is 5.56 Å². The molecule has 6 nitrogen and oxygen atoms in total. The average molecular weight is 278 g/mol. The molecule has 1 fully saturated rings. The molecule has 0 bridgehead atoms. The maximum absolute atomic E-state index is 10.7. The molecule has 1 atom stereocenters. The van der Waals surface area contributed by atoms with Gasteiger partial charge in [0.25, 0.3) is 5.69 Å². The SMILES string of the molecule is Cc1cc([N+](=O)[O-])cnc1NC(CN)C1CCCCC1. The number of hydrogen-bond acceptors (Lipinski definition) is 5. The van der Waals surface area contributed by atoms with Gasteiger partial charge in [0.15, 0.2) is 0 Å². The topological polar surface area (TPSA) is 94.1 Å². The summed E-state index contributed by atoms with van der Waals surface area (Å²) in [4.78, 5) is 14.5. The Morgan fingerprint density at radius 2 is 2.20 bits per heavy atom. The third-order valence-corrected chi connectivity index (χ3v) is 4.07. The second-order valence-electron chi connectivity index (χ2n) is 5.50. The molecule has 1 aromatic heterocycles. The fourth-order valence-electron chi connectivity index (χ4n) is 2.89. The number of hydrogen-bond donors (Lipinski definition) is 2. The first-order chi connectivity index (χ1) is 9.61. The fourth-order valence-corrected chi connectivity index (χ4v) is 2.89. The first-order valence-corrected chi connectivity index (χ1v) is 7.19. The number of nitro groups is 1. The van der Waals surface area contributed by atoms with E-state index in [2.05, 4.69) is 10.3 Å². The molecule has 2 rings (SSSR count). The number of rotatable bonds is 5. The van der Waals surface area contributed by atoms with E-state index >= 15 is 0 Å². The minimum absolute atomic E-state index is 0.0232. The highest BCUT2D eigenvalue weighted by molar-refractivity contribution is 5.49. The molecule has 0 radical (unpaired) electrons. The van der Waals surface area contributed by atoms with Crippen LogP contribution >= 0.6 is 0 Å². The van der Waals surface area contributed by atoms with Gasteiger partial charge < -0.3 is 11.1 Å². The first kappa shape index (κ1) is 14.7. The summed E-state index contributed by atoms with van der Waals surface area (Å²) >= 11 is 0. The molecule has 1 aromatic rings. The summed E-state index contributed by atoms with van der Waals surface area (Å²) in [6.45, 7) is 2.39. The van der Waals surface area contributed by atoms with Gasteiger partial charge in [0.05, 0.1) is 4.92 Å². The molecular weight excluding hydrogens is 256 g/mol. The van der Waals surface area contributed by atoms with Crippen LogP contribution in [0.15, 0.2) is 12.3 Å². The van der Waals surface area contributed by atoms with Crippen LogP contribution in [0.3, 0.4) is 0 Å². The zero-order valence-corrected chi connectivity index (χ0v) is 11.8. The zero-order valence-electron chi connectivity index (χ0n) is 11.8. The lowest BCUT2D eigenvalue weighted by Gasteiger charge is -2.30. The molecule has 0 aliphatic heterocycles. The van der Waals surface area contributed by atoms with E-state index in [1.54, 1.807) is 6.07 Å². The predicted molar refractivity (Wildman–Crippen MR) is 78.7 cm³/mol. The van der Waals surface area contributed by atoms with E-state index in [1.807, 2.05) is 6.92 Å². The molecule has 0 spiro atoms. The van der Waals surface area contributed by atoms with Crippen molar-refractivity contribution in [2.45, 2.75) is 45.1 Å². The summed E-state index contributed by atoms with van der Waals surface area (Å²) < 4.78 is 0. The molecule has 0 saturated heterocycles. The normalized spacial score (nSPS) is 17.7. The summed E-state index contributed by atoms with van der Waals surface area (Å²) in [5, 5.41) is 14.1. The number of aromatic nitrogens is 1. The highest BCUT2D eigenvalue weighted by Gasteiger charge is 2.23. The molecule has 110 valence electrons. The summed E-state index contributed by atoms with van der Waals surface area (Å²) in [7, 11) is 0. The summed E-state index contributed by atoms with van der Waals surface area (Å²) in [6, 6.07) is 1.74. The van der Waals surface area contributed by atoms with E-state index in [-0.39, 0.29) is 11.7 Å². The lowest BCUT2D eigenvalue weighted by Crippen LogP contribution is -2.37. The average Bonchev–Trinajstić information content (AvgIpc) is 2.46. The maximum atomic E-state index is 10.7. The van der Waals surface area contributed by atoms with Crippen LogP contribution < -0.4 is 11.1 Å². The smallest absolute Gasteiger partial charge is 0.287 e. The minimum atomic E-state index is -0.425. The Balaban J connectivity index is 2.08. The molecular formula is C14H22N4O2. The Labute approximate surface area is 118 Å². The van der Waals surface area contributed by atoms with Crippen molar-refractivity contribution in [3.63, 3.8) is 0 Å². The van der Waals surface area contributed by atoms with Gasteiger partial charge in [-0.25, -0.2) is 4.98 Å². The highest BCUT2D eigenvalue weighted by Crippen LogP contribution is 2.28. The number of nitrogens with zero attached hydrogens (tertiary/aromatic N) is 2. The van der Waals surface area contributed by atoms with Crippen LogP contribution in [0.25, 0.3) is 0 Å². The van der Waals surface area contributed by atoms with Gasteiger partial charge in [0.2, 0.25) is 0 Å². The van der Waals surface area contributed by atoms with Gasteiger partial charge in [-0.3, -0.25) is 10.1 Å². The molecule has 1 aliphatic carbocycles. The van der Waals surface area contributed by atoms with E-state index < -0.39 is 4.92 Å². The van der Waals surface area contributed by atoms with Crippen molar-refractivity contribution in [3.05, 3.63) is 27.9 Å². The fraction of sp³-hybridized carbons (Fsp3) is 0.643. The molecule has 1 aliphatic rings. The number of pyridine rings is 1. The molecule has 0 amide bonds. The van der Waals surface area contributed by atoms with Gasteiger partial charge in [-0.1, -0.05) is 19.3 Å². The zero-order chi connectivity index (χ0) is 14.5. The van der Waals surface area contributed by atoms with Crippen molar-refractivity contribution in [1.29, 1.82) is 0 Å². The number of nitrogens with two attached hydrogens (primary N) is 1. The van der Waals surface area contributed by atoms with Gasteiger partial charge in [0, 0.05) is 18.7 Å². The van der Waals surface area contributed by atoms with E-state index in [4.69, 9.17) is 5.73 Å². The van der Waals surface area contributed by atoms with Crippen LogP contribution in [0, 0.1) is 23.0 Å². The lowest BCUT2D eigenvalue weighted by molar-refractivity contribution is -0.385. The van der Waals surface area contributed by atoms with Gasteiger partial charge in [-0.15, -0.1) is 0 Å². The lowest BCUT2D eigenvalue weighted by atomic mass is 9.84. The van der Waals surface area contributed by atoms with Crippen LogP contribution in [0.1, 0.15) is 37.7 Å². The third-order valence-electron chi connectivity index (χ3n) is 4.07. The summed E-state index contributed by atoms with van der Waals surface area (Å²) in [5.74, 6) is 1.28. The monoisotopic (exact) mass is 278 g/mol. The molecule has 1 saturated carbocycles. The Morgan fingerprint density at radius 1 is 1.50 bits per heavy atom. The van der Waals surface area contributed by atoms with Crippen molar-refractivity contribution in [1.82, 2.24) is 4.98 Å². The minimum Gasteiger partial charge on any atom is -0.366 e.